The third kappa shape index (κ3) is 2.33. The number of nitrogens with zero attached hydrogens (tertiary/aromatic N) is 1. The molecule has 1 aromatic rings. The number of aromatic nitrogens is 1. The first-order valence-electron chi connectivity index (χ1n) is 6.83. The molecule has 1 nitrogen and oxygen atoms in total. The normalized spacial score (nSPS) is 24.8. The van der Waals surface area contributed by atoms with Crippen LogP contribution in [0.4, 0.5) is 0 Å². The van der Waals surface area contributed by atoms with Gasteiger partial charge < -0.3 is 0 Å². The predicted octanol–water partition coefficient (Wildman–Crippen LogP) is 4.35. The van der Waals surface area contributed by atoms with Crippen LogP contribution in [0.5, 0.6) is 0 Å². The first-order valence-corrected chi connectivity index (χ1v) is 7.71. The van der Waals surface area contributed by atoms with E-state index in [1.807, 2.05) is 11.3 Å². The van der Waals surface area contributed by atoms with E-state index in [-0.39, 0.29) is 0 Å². The fourth-order valence-electron chi connectivity index (χ4n) is 3.01. The van der Waals surface area contributed by atoms with Crippen molar-refractivity contribution in [2.45, 2.75) is 59.4 Å². The summed E-state index contributed by atoms with van der Waals surface area (Å²) in [4.78, 5) is 1.46. The summed E-state index contributed by atoms with van der Waals surface area (Å²) in [6.45, 7) is 9.13. The van der Waals surface area contributed by atoms with Crippen LogP contribution < -0.4 is 4.57 Å². The summed E-state index contributed by atoms with van der Waals surface area (Å²) in [5, 5.41) is 0. The molecule has 0 radical (unpaired) electrons. The Bertz CT molecular complexity index is 417. The number of hydrogen-bond donors (Lipinski definition) is 0. The van der Waals surface area contributed by atoms with Crippen molar-refractivity contribution in [3.8, 4) is 0 Å². The molecule has 0 saturated carbocycles. The Balaban J connectivity index is 2.41. The summed E-state index contributed by atoms with van der Waals surface area (Å²) in [7, 11) is 0. The first kappa shape index (κ1) is 12.8. The lowest BCUT2D eigenvalue weighted by atomic mass is 9.81. The third-order valence-electron chi connectivity index (χ3n) is 4.24. The van der Waals surface area contributed by atoms with E-state index in [1.165, 1.54) is 36.3 Å². The van der Waals surface area contributed by atoms with Crippen LogP contribution in [0.2, 0.25) is 0 Å². The van der Waals surface area contributed by atoms with Gasteiger partial charge >= 0.3 is 0 Å². The Labute approximate surface area is 109 Å². The van der Waals surface area contributed by atoms with Gasteiger partial charge in [0.15, 0.2) is 11.7 Å². The van der Waals surface area contributed by atoms with E-state index in [0.29, 0.717) is 6.04 Å². The largest absolute Gasteiger partial charge is 0.225 e. The zero-order valence-corrected chi connectivity index (χ0v) is 12.3. The number of hydrogen-bond acceptors (Lipinski definition) is 1. The van der Waals surface area contributed by atoms with Crippen molar-refractivity contribution in [1.82, 2.24) is 0 Å². The molecule has 0 bridgehead atoms. The lowest BCUT2D eigenvalue weighted by Crippen LogP contribution is -2.46. The second-order valence-electron chi connectivity index (χ2n) is 5.10. The highest BCUT2D eigenvalue weighted by Gasteiger charge is 2.35. The van der Waals surface area contributed by atoms with Crippen LogP contribution in [0.15, 0.2) is 17.2 Å². The van der Waals surface area contributed by atoms with Crippen LogP contribution >= 0.6 is 11.3 Å². The molecule has 0 spiro atoms. The van der Waals surface area contributed by atoms with Crippen LogP contribution in [-0.4, -0.2) is 0 Å². The lowest BCUT2D eigenvalue weighted by molar-refractivity contribution is -0.723. The maximum absolute atomic E-state index is 2.53. The zero-order valence-electron chi connectivity index (χ0n) is 11.5. The molecule has 0 unspecified atom stereocenters. The number of rotatable bonds is 3. The molecular weight excluding hydrogens is 226 g/mol. The zero-order chi connectivity index (χ0) is 12.4. The van der Waals surface area contributed by atoms with Gasteiger partial charge in [0.05, 0.1) is 4.88 Å². The van der Waals surface area contributed by atoms with Gasteiger partial charge in [0.25, 0.3) is 0 Å². The van der Waals surface area contributed by atoms with Crippen LogP contribution in [0, 0.1) is 19.8 Å². The summed E-state index contributed by atoms with van der Waals surface area (Å²) in [5.74, 6) is 0.827. The minimum Gasteiger partial charge on any atom is -0.186 e. The summed E-state index contributed by atoms with van der Waals surface area (Å²) >= 11 is 1.89. The Morgan fingerprint density at radius 1 is 1.35 bits per heavy atom. The van der Waals surface area contributed by atoms with E-state index < -0.39 is 0 Å². The molecular formula is C15H24NS+. The minimum atomic E-state index is 0.628. The molecule has 0 amide bonds. The highest BCUT2D eigenvalue weighted by Crippen LogP contribution is 2.35. The molecule has 0 N–H and O–H groups in total. The molecule has 2 heteroatoms. The van der Waals surface area contributed by atoms with E-state index >= 15 is 0 Å². The van der Waals surface area contributed by atoms with Crippen molar-refractivity contribution in [3.05, 3.63) is 27.7 Å². The second-order valence-corrected chi connectivity index (χ2v) is 6.15. The predicted molar refractivity (Wildman–Crippen MR) is 74.4 cm³/mol. The number of allylic oxidation sites excluding steroid dienone is 2. The molecule has 0 fully saturated rings. The molecule has 2 rings (SSSR count). The molecule has 1 aliphatic rings. The van der Waals surface area contributed by atoms with Gasteiger partial charge in [-0.25, -0.2) is 0 Å². The third-order valence-corrected chi connectivity index (χ3v) is 5.22. The van der Waals surface area contributed by atoms with E-state index in [9.17, 15) is 0 Å². The quantitative estimate of drug-likeness (QED) is 0.554. The fraction of sp³-hybridized carbons (Fsp3) is 0.667. The van der Waals surface area contributed by atoms with Gasteiger partial charge in [-0.3, -0.25) is 0 Å². The highest BCUT2D eigenvalue weighted by atomic mass is 32.1. The van der Waals surface area contributed by atoms with Crippen molar-refractivity contribution in [2.24, 2.45) is 5.92 Å². The van der Waals surface area contributed by atoms with E-state index in [0.717, 1.165) is 5.92 Å². The van der Waals surface area contributed by atoms with Crippen molar-refractivity contribution >= 4 is 11.3 Å². The first-order chi connectivity index (χ1) is 8.19. The molecule has 1 aromatic heterocycles. The Morgan fingerprint density at radius 2 is 2.12 bits per heavy atom. The maximum atomic E-state index is 2.53. The van der Waals surface area contributed by atoms with Crippen LogP contribution in [0.1, 0.15) is 56.1 Å². The van der Waals surface area contributed by atoms with Crippen molar-refractivity contribution in [1.29, 1.82) is 0 Å². The molecule has 1 aliphatic carbocycles. The maximum Gasteiger partial charge on any atom is 0.225 e. The van der Waals surface area contributed by atoms with Crippen LogP contribution in [-0.2, 0) is 0 Å². The van der Waals surface area contributed by atoms with Gasteiger partial charge in [-0.05, 0) is 38.2 Å². The van der Waals surface area contributed by atoms with Crippen molar-refractivity contribution in [3.63, 3.8) is 0 Å². The van der Waals surface area contributed by atoms with Crippen molar-refractivity contribution in [2.75, 3.05) is 0 Å². The molecule has 17 heavy (non-hydrogen) atoms. The molecule has 94 valence electrons. The number of aryl methyl sites for hydroxylation is 1. The van der Waals surface area contributed by atoms with Gasteiger partial charge in [-0.2, -0.15) is 4.57 Å². The number of thiazole rings is 1. The van der Waals surface area contributed by atoms with E-state index in [1.54, 1.807) is 5.57 Å². The van der Waals surface area contributed by atoms with Gasteiger partial charge in [0.2, 0.25) is 5.51 Å². The summed E-state index contributed by atoms with van der Waals surface area (Å²) in [6.07, 6.45) is 7.61. The lowest BCUT2D eigenvalue weighted by Gasteiger charge is -2.27. The van der Waals surface area contributed by atoms with Crippen LogP contribution in [0.25, 0.3) is 0 Å². The second kappa shape index (κ2) is 5.34. The average molecular weight is 250 g/mol. The summed E-state index contributed by atoms with van der Waals surface area (Å²) in [5.41, 5.74) is 5.43. The van der Waals surface area contributed by atoms with E-state index in [2.05, 4.69) is 43.8 Å². The monoisotopic (exact) mass is 250 g/mol. The smallest absolute Gasteiger partial charge is 0.186 e. The van der Waals surface area contributed by atoms with Gasteiger partial charge in [-0.15, -0.1) is 0 Å². The summed E-state index contributed by atoms with van der Waals surface area (Å²) in [6, 6.07) is 0.628. The standard InChI is InChI=1S/C15H24NS/c1-5-13-8-7-9-14(6-2)15(13)16-10-17-12(4)11(16)3/h8,10,14-15H,5-7,9H2,1-4H3/q+1/t14-,15+/m1/s1. The Kier molecular flexibility index (Phi) is 4.03. The molecule has 2 atom stereocenters. The Morgan fingerprint density at radius 3 is 2.65 bits per heavy atom. The van der Waals surface area contributed by atoms with E-state index in [4.69, 9.17) is 0 Å². The topological polar surface area (TPSA) is 3.88 Å². The van der Waals surface area contributed by atoms with Gasteiger partial charge in [-0.1, -0.05) is 31.3 Å². The van der Waals surface area contributed by atoms with Gasteiger partial charge in [0, 0.05) is 12.8 Å². The van der Waals surface area contributed by atoms with Gasteiger partial charge in [0.1, 0.15) is 0 Å². The highest BCUT2D eigenvalue weighted by molar-refractivity contribution is 7.09. The average Bonchev–Trinajstić information content (AvgIpc) is 2.69. The molecule has 1 heterocycles. The molecule has 0 aromatic carbocycles. The molecule has 0 aliphatic heterocycles. The Hall–Kier alpha value is -0.630. The van der Waals surface area contributed by atoms with Crippen molar-refractivity contribution < 1.29 is 4.57 Å². The molecule has 0 saturated heterocycles. The van der Waals surface area contributed by atoms with Crippen LogP contribution in [0.3, 0.4) is 0 Å². The summed E-state index contributed by atoms with van der Waals surface area (Å²) < 4.78 is 2.53. The SMILES string of the molecule is CCC1=CCC[C@@H](CC)[C@H]1[n+]1csc(C)c1C. The minimum absolute atomic E-state index is 0.628. The fourth-order valence-corrected chi connectivity index (χ4v) is 3.84.